The van der Waals surface area contributed by atoms with Crippen LogP contribution >= 0.6 is 0 Å². The second kappa shape index (κ2) is 12.2. The highest BCUT2D eigenvalue weighted by molar-refractivity contribution is 6.12. The summed E-state index contributed by atoms with van der Waals surface area (Å²) >= 11 is 0. The minimum atomic E-state index is -0.501. The second-order valence-electron chi connectivity index (χ2n) is 11.7. The highest BCUT2D eigenvalue weighted by Gasteiger charge is 2.47. The zero-order valence-electron chi connectivity index (χ0n) is 25.7. The quantitative estimate of drug-likeness (QED) is 0.193. The van der Waals surface area contributed by atoms with Gasteiger partial charge in [-0.3, -0.25) is 14.6 Å². The fourth-order valence-corrected chi connectivity index (χ4v) is 5.55. The number of aromatic nitrogens is 1. The highest BCUT2D eigenvalue weighted by Crippen LogP contribution is 2.45. The van der Waals surface area contributed by atoms with E-state index in [1.165, 1.54) is 12.1 Å². The van der Waals surface area contributed by atoms with Gasteiger partial charge in [0.25, 0.3) is 11.8 Å². The van der Waals surface area contributed by atoms with Gasteiger partial charge in [0.15, 0.2) is 0 Å². The zero-order chi connectivity index (χ0) is 31.7. The number of nitrogens with zero attached hydrogens (tertiary/aromatic N) is 2. The van der Waals surface area contributed by atoms with E-state index in [1.54, 1.807) is 25.4 Å². The summed E-state index contributed by atoms with van der Waals surface area (Å²) in [6.07, 6.45) is 3.35. The van der Waals surface area contributed by atoms with Crippen LogP contribution in [-0.4, -0.2) is 56.0 Å². The Morgan fingerprint density at radius 2 is 1.76 bits per heavy atom. The number of amides is 2. The van der Waals surface area contributed by atoms with Gasteiger partial charge in [-0.15, -0.1) is 0 Å². The van der Waals surface area contributed by atoms with Crippen LogP contribution in [0.4, 0.5) is 4.39 Å². The SMILES string of the molecule is CNC(=O)c1c(-c2ccc(F)cc2)oc2ccc(-c3cc(C(=O)NC4(c5ccccn5)CC4)c(OCCN(C)C)cc3C)cc12. The standard InChI is InChI=1S/C36H35FN4O4/c1-22-19-30(44-18-17-41(3)4)28(34(42)40-36(14-15-36)31-7-5-6-16-39-31)21-26(22)24-10-13-29-27(20-24)32(35(43)38-2)33(45-29)23-8-11-25(37)12-9-23/h5-13,16,19-21H,14-15,17-18H2,1-4H3,(H,38,43)(H,40,42). The largest absolute Gasteiger partial charge is 0.491 e. The topological polar surface area (TPSA) is 96.7 Å². The number of ether oxygens (including phenoxy) is 1. The van der Waals surface area contributed by atoms with Gasteiger partial charge in [0, 0.05) is 30.7 Å². The summed E-state index contributed by atoms with van der Waals surface area (Å²) in [5.74, 6) is -0.0893. The first-order valence-corrected chi connectivity index (χ1v) is 14.9. The number of carbonyl (C=O) groups is 2. The first kappa shape index (κ1) is 30.0. The van der Waals surface area contributed by atoms with E-state index in [0.717, 1.165) is 35.2 Å². The Morgan fingerprint density at radius 1 is 1.00 bits per heavy atom. The number of nitrogens with one attached hydrogen (secondary N) is 2. The molecule has 1 fully saturated rings. The van der Waals surface area contributed by atoms with Gasteiger partial charge in [-0.05, 0) is 111 Å². The Morgan fingerprint density at radius 3 is 2.42 bits per heavy atom. The number of furan rings is 1. The third-order valence-corrected chi connectivity index (χ3v) is 8.18. The van der Waals surface area contributed by atoms with Crippen molar-refractivity contribution in [2.24, 2.45) is 0 Å². The number of halogens is 1. The number of hydrogen-bond acceptors (Lipinski definition) is 6. The molecule has 0 spiro atoms. The van der Waals surface area contributed by atoms with Crippen LogP contribution in [0, 0.1) is 12.7 Å². The van der Waals surface area contributed by atoms with Crippen molar-refractivity contribution in [3.8, 4) is 28.2 Å². The van der Waals surface area contributed by atoms with Gasteiger partial charge in [-0.25, -0.2) is 4.39 Å². The molecule has 0 atom stereocenters. The monoisotopic (exact) mass is 606 g/mol. The number of pyridine rings is 1. The fraction of sp³-hybridized carbons (Fsp3) is 0.250. The Bertz CT molecular complexity index is 1880. The summed E-state index contributed by atoms with van der Waals surface area (Å²) in [6.45, 7) is 3.07. The molecule has 1 aliphatic rings. The van der Waals surface area contributed by atoms with Crippen molar-refractivity contribution in [3.63, 3.8) is 0 Å². The van der Waals surface area contributed by atoms with Gasteiger partial charge in [-0.1, -0.05) is 12.1 Å². The maximum absolute atomic E-state index is 13.9. The van der Waals surface area contributed by atoms with Crippen LogP contribution in [-0.2, 0) is 5.54 Å². The molecule has 2 amide bonds. The number of carbonyl (C=O) groups excluding carboxylic acids is 2. The Hall–Kier alpha value is -5.02. The van der Waals surface area contributed by atoms with Crippen LogP contribution in [0.2, 0.25) is 0 Å². The van der Waals surface area contributed by atoms with Gasteiger partial charge in [-0.2, -0.15) is 0 Å². The molecule has 9 heteroatoms. The zero-order valence-corrected chi connectivity index (χ0v) is 25.7. The first-order valence-electron chi connectivity index (χ1n) is 14.9. The minimum Gasteiger partial charge on any atom is -0.491 e. The molecule has 0 saturated heterocycles. The summed E-state index contributed by atoms with van der Waals surface area (Å²) in [6, 6.07) is 20.9. The van der Waals surface area contributed by atoms with Gasteiger partial charge >= 0.3 is 0 Å². The third kappa shape index (κ3) is 6.04. The first-order chi connectivity index (χ1) is 21.7. The average Bonchev–Trinajstić information content (AvgIpc) is 3.72. The average molecular weight is 607 g/mol. The predicted octanol–water partition coefficient (Wildman–Crippen LogP) is 6.33. The van der Waals surface area contributed by atoms with Crippen molar-refractivity contribution in [2.75, 3.05) is 34.3 Å². The normalized spacial score (nSPS) is 13.6. The van der Waals surface area contributed by atoms with Crippen LogP contribution < -0.4 is 15.4 Å². The molecule has 0 unspecified atom stereocenters. The van der Waals surface area contributed by atoms with Crippen LogP contribution in [0.25, 0.3) is 33.4 Å². The molecule has 2 N–H and O–H groups in total. The Kier molecular flexibility index (Phi) is 8.12. The number of fused-ring (bicyclic) bond motifs is 1. The predicted molar refractivity (Wildman–Crippen MR) is 172 cm³/mol. The molecule has 3 aromatic carbocycles. The summed E-state index contributed by atoms with van der Waals surface area (Å²) in [5, 5.41) is 6.55. The molecule has 0 radical (unpaired) electrons. The van der Waals surface area contributed by atoms with Crippen molar-refractivity contribution >= 4 is 22.8 Å². The van der Waals surface area contributed by atoms with E-state index in [-0.39, 0.29) is 17.6 Å². The second-order valence-corrected chi connectivity index (χ2v) is 11.7. The number of benzene rings is 3. The number of aryl methyl sites for hydroxylation is 1. The maximum Gasteiger partial charge on any atom is 0.255 e. The molecule has 5 aromatic rings. The van der Waals surface area contributed by atoms with Crippen LogP contribution in [0.5, 0.6) is 5.75 Å². The van der Waals surface area contributed by atoms with Gasteiger partial charge < -0.3 is 24.7 Å². The van der Waals surface area contributed by atoms with Crippen LogP contribution in [0.3, 0.4) is 0 Å². The van der Waals surface area contributed by atoms with Crippen molar-refractivity contribution in [1.29, 1.82) is 0 Å². The number of rotatable bonds is 10. The Balaban J connectivity index is 1.43. The molecular weight excluding hydrogens is 571 g/mol. The fourth-order valence-electron chi connectivity index (χ4n) is 5.55. The molecule has 1 saturated carbocycles. The van der Waals surface area contributed by atoms with Crippen molar-refractivity contribution in [1.82, 2.24) is 20.5 Å². The highest BCUT2D eigenvalue weighted by atomic mass is 19.1. The molecular formula is C36H35FN4O4. The Labute approximate surface area is 261 Å². The smallest absolute Gasteiger partial charge is 0.255 e. The van der Waals surface area contributed by atoms with Crippen molar-refractivity contribution < 1.29 is 23.1 Å². The van der Waals surface area contributed by atoms with E-state index in [9.17, 15) is 14.0 Å². The van der Waals surface area contributed by atoms with Gasteiger partial charge in [0.1, 0.15) is 29.5 Å². The molecule has 0 bridgehead atoms. The van der Waals surface area contributed by atoms with Gasteiger partial charge in [0.2, 0.25) is 0 Å². The lowest BCUT2D eigenvalue weighted by Gasteiger charge is -2.20. The lowest BCUT2D eigenvalue weighted by atomic mass is 9.94. The summed E-state index contributed by atoms with van der Waals surface area (Å²) in [4.78, 5) is 33.6. The van der Waals surface area contributed by atoms with Crippen molar-refractivity contribution in [3.05, 3.63) is 107 Å². The molecule has 0 aliphatic heterocycles. The van der Waals surface area contributed by atoms with Crippen molar-refractivity contribution in [2.45, 2.75) is 25.3 Å². The van der Waals surface area contributed by atoms with Gasteiger partial charge in [0.05, 0.1) is 22.4 Å². The molecule has 2 heterocycles. The number of hydrogen-bond donors (Lipinski definition) is 2. The van der Waals surface area contributed by atoms with Crippen LogP contribution in [0.15, 0.2) is 83.4 Å². The number of likely N-dealkylation sites (N-methyl/N-ethyl adjacent to an activating group) is 1. The van der Waals surface area contributed by atoms with E-state index < -0.39 is 5.54 Å². The summed E-state index contributed by atoms with van der Waals surface area (Å²) in [5.41, 5.74) is 4.73. The van der Waals surface area contributed by atoms with E-state index in [4.69, 9.17) is 9.15 Å². The molecule has 8 nitrogen and oxygen atoms in total. The van der Waals surface area contributed by atoms with E-state index >= 15 is 0 Å². The molecule has 1 aliphatic carbocycles. The van der Waals surface area contributed by atoms with Crippen LogP contribution in [0.1, 0.15) is 44.8 Å². The van der Waals surface area contributed by atoms with E-state index in [0.29, 0.717) is 52.3 Å². The lowest BCUT2D eigenvalue weighted by molar-refractivity contribution is 0.0923. The minimum absolute atomic E-state index is 0.242. The molecule has 45 heavy (non-hydrogen) atoms. The van der Waals surface area contributed by atoms with E-state index in [1.807, 2.05) is 74.4 Å². The molecule has 6 rings (SSSR count). The van der Waals surface area contributed by atoms with E-state index in [2.05, 4.69) is 15.6 Å². The summed E-state index contributed by atoms with van der Waals surface area (Å²) < 4.78 is 26.0. The molecule has 230 valence electrons. The maximum atomic E-state index is 13.9. The molecule has 2 aromatic heterocycles. The lowest BCUT2D eigenvalue weighted by Crippen LogP contribution is -2.35. The summed E-state index contributed by atoms with van der Waals surface area (Å²) in [7, 11) is 5.49. The third-order valence-electron chi connectivity index (χ3n) is 8.18.